The second-order valence-corrected chi connectivity index (χ2v) is 4.85. The highest BCUT2D eigenvalue weighted by Gasteiger charge is 2.12. The molecule has 96 valence electrons. The van der Waals surface area contributed by atoms with Gasteiger partial charge in [0, 0.05) is 23.3 Å². The van der Waals surface area contributed by atoms with Crippen LogP contribution in [0.3, 0.4) is 0 Å². The first-order valence-electron chi connectivity index (χ1n) is 6.00. The number of benzene rings is 2. The number of thiol groups is 1. The molecule has 0 aliphatic carbocycles. The zero-order valence-corrected chi connectivity index (χ0v) is 11.3. The molecule has 0 saturated carbocycles. The van der Waals surface area contributed by atoms with Gasteiger partial charge in [0.15, 0.2) is 0 Å². The predicted molar refractivity (Wildman–Crippen MR) is 80.8 cm³/mol. The minimum Gasteiger partial charge on any atom is -0.506 e. The van der Waals surface area contributed by atoms with Crippen LogP contribution in [-0.2, 0) is 0 Å². The van der Waals surface area contributed by atoms with Gasteiger partial charge in [0.1, 0.15) is 5.75 Å². The topological polar surface area (TPSA) is 56.9 Å². The normalized spacial score (nSPS) is 10.4. The van der Waals surface area contributed by atoms with Crippen LogP contribution in [-0.4, -0.2) is 10.1 Å². The molecule has 0 fully saturated rings. The number of hydrogen-bond donors (Lipinski definition) is 2. The number of aromatic hydroxyl groups is 1. The second kappa shape index (κ2) is 4.87. The molecule has 0 spiro atoms. The van der Waals surface area contributed by atoms with Gasteiger partial charge in [0.25, 0.3) is 0 Å². The van der Waals surface area contributed by atoms with E-state index in [0.717, 1.165) is 16.3 Å². The van der Waals surface area contributed by atoms with Crippen LogP contribution < -0.4 is 0 Å². The van der Waals surface area contributed by atoms with Crippen molar-refractivity contribution in [3.05, 3.63) is 54.4 Å². The molecule has 0 radical (unpaired) electrons. The number of aromatic nitrogens is 1. The van der Waals surface area contributed by atoms with Gasteiger partial charge in [-0.2, -0.15) is 5.26 Å². The molecule has 1 aromatic heterocycles. The molecule has 0 unspecified atom stereocenters. The minimum atomic E-state index is 0.0956. The molecule has 1 heterocycles. The molecule has 3 rings (SSSR count). The molecule has 0 saturated heterocycles. The van der Waals surface area contributed by atoms with Gasteiger partial charge in [-0.3, -0.25) is 4.98 Å². The zero-order chi connectivity index (χ0) is 14.1. The standard InChI is InChI=1S/C16H10N2OS/c17-7-10-5-6-13(12-4-2-1-3-11(10)12)14-8-18-9-15(20)16(14)19/h1-6,8-9,20H,(H,18,19). The van der Waals surface area contributed by atoms with Crippen LogP contribution in [0.15, 0.2) is 53.7 Å². The summed E-state index contributed by atoms with van der Waals surface area (Å²) >= 11 is 4.19. The van der Waals surface area contributed by atoms with Gasteiger partial charge in [-0.15, -0.1) is 12.6 Å². The fourth-order valence-corrected chi connectivity index (χ4v) is 2.46. The van der Waals surface area contributed by atoms with Gasteiger partial charge in [0.2, 0.25) is 0 Å². The third-order valence-electron chi connectivity index (χ3n) is 3.23. The average Bonchev–Trinajstić information content (AvgIpc) is 2.49. The average molecular weight is 278 g/mol. The Morgan fingerprint density at radius 1 is 1.00 bits per heavy atom. The summed E-state index contributed by atoms with van der Waals surface area (Å²) in [4.78, 5) is 4.50. The van der Waals surface area contributed by atoms with E-state index in [4.69, 9.17) is 0 Å². The SMILES string of the molecule is N#Cc1ccc(-c2cncc(S)c2O)c2ccccc12. The van der Waals surface area contributed by atoms with Crippen LogP contribution in [0.2, 0.25) is 0 Å². The largest absolute Gasteiger partial charge is 0.506 e. The maximum absolute atomic E-state index is 10.2. The number of hydrogen-bond acceptors (Lipinski definition) is 4. The van der Waals surface area contributed by atoms with Crippen molar-refractivity contribution in [1.29, 1.82) is 5.26 Å². The van der Waals surface area contributed by atoms with E-state index in [-0.39, 0.29) is 5.75 Å². The third-order valence-corrected chi connectivity index (χ3v) is 3.56. The van der Waals surface area contributed by atoms with Crippen LogP contribution >= 0.6 is 12.6 Å². The summed E-state index contributed by atoms with van der Waals surface area (Å²) < 4.78 is 0. The molecular formula is C16H10N2OS. The van der Waals surface area contributed by atoms with Crippen LogP contribution in [0.4, 0.5) is 0 Å². The summed E-state index contributed by atoms with van der Waals surface area (Å²) in [6.45, 7) is 0. The number of rotatable bonds is 1. The summed E-state index contributed by atoms with van der Waals surface area (Å²) in [7, 11) is 0. The van der Waals surface area contributed by atoms with Crippen LogP contribution in [0, 0.1) is 11.3 Å². The lowest BCUT2D eigenvalue weighted by Crippen LogP contribution is -1.87. The quantitative estimate of drug-likeness (QED) is 0.666. The van der Waals surface area contributed by atoms with Crippen molar-refractivity contribution in [2.24, 2.45) is 0 Å². The lowest BCUT2D eigenvalue weighted by Gasteiger charge is -2.10. The Bertz CT molecular complexity index is 853. The molecule has 1 N–H and O–H groups in total. The van der Waals surface area contributed by atoms with E-state index in [0.29, 0.717) is 16.0 Å². The van der Waals surface area contributed by atoms with Crippen molar-refractivity contribution >= 4 is 23.4 Å². The van der Waals surface area contributed by atoms with E-state index in [2.05, 4.69) is 23.7 Å². The van der Waals surface area contributed by atoms with Gasteiger partial charge in [-0.05, 0) is 17.0 Å². The van der Waals surface area contributed by atoms with Crippen LogP contribution in [0.25, 0.3) is 21.9 Å². The zero-order valence-electron chi connectivity index (χ0n) is 10.4. The third kappa shape index (κ3) is 1.89. The molecule has 0 aliphatic heterocycles. The Labute approximate surface area is 121 Å². The molecule has 20 heavy (non-hydrogen) atoms. The van der Waals surface area contributed by atoms with Gasteiger partial charge < -0.3 is 5.11 Å². The molecule has 0 atom stereocenters. The molecule has 0 aliphatic rings. The Balaban J connectivity index is 2.39. The molecule has 2 aromatic carbocycles. The van der Waals surface area contributed by atoms with Crippen molar-refractivity contribution in [2.75, 3.05) is 0 Å². The van der Waals surface area contributed by atoms with Crippen molar-refractivity contribution in [3.8, 4) is 22.9 Å². The first-order chi connectivity index (χ1) is 9.72. The molecule has 0 bridgehead atoms. The summed E-state index contributed by atoms with van der Waals surface area (Å²) in [5.74, 6) is 0.0956. The summed E-state index contributed by atoms with van der Waals surface area (Å²) in [5.41, 5.74) is 2.05. The highest BCUT2D eigenvalue weighted by molar-refractivity contribution is 7.80. The number of fused-ring (bicyclic) bond motifs is 1. The molecule has 3 nitrogen and oxygen atoms in total. The van der Waals surface area contributed by atoms with Gasteiger partial charge >= 0.3 is 0 Å². The number of nitrogens with zero attached hydrogens (tertiary/aromatic N) is 2. The Morgan fingerprint density at radius 2 is 1.75 bits per heavy atom. The van der Waals surface area contributed by atoms with Crippen molar-refractivity contribution < 1.29 is 5.11 Å². The van der Waals surface area contributed by atoms with E-state index in [1.165, 1.54) is 6.20 Å². The Hall–Kier alpha value is -2.51. The van der Waals surface area contributed by atoms with Crippen LogP contribution in [0.1, 0.15) is 5.56 Å². The fourth-order valence-electron chi connectivity index (χ4n) is 2.27. The molecule has 3 aromatic rings. The van der Waals surface area contributed by atoms with Crippen molar-refractivity contribution in [3.63, 3.8) is 0 Å². The van der Waals surface area contributed by atoms with E-state index < -0.39 is 0 Å². The molecule has 4 heteroatoms. The van der Waals surface area contributed by atoms with E-state index in [1.54, 1.807) is 12.3 Å². The minimum absolute atomic E-state index is 0.0956. The van der Waals surface area contributed by atoms with E-state index in [9.17, 15) is 10.4 Å². The Kier molecular flexibility index (Phi) is 3.05. The van der Waals surface area contributed by atoms with E-state index in [1.807, 2.05) is 30.3 Å². The lowest BCUT2D eigenvalue weighted by molar-refractivity contribution is 0.463. The maximum atomic E-state index is 10.2. The predicted octanol–water partition coefficient (Wildman–Crippen LogP) is 3.77. The number of pyridine rings is 1. The summed E-state index contributed by atoms with van der Waals surface area (Å²) in [6.07, 6.45) is 3.09. The smallest absolute Gasteiger partial charge is 0.139 e. The number of nitriles is 1. The molecular weight excluding hydrogens is 268 g/mol. The first kappa shape index (κ1) is 12.5. The van der Waals surface area contributed by atoms with Crippen molar-refractivity contribution in [1.82, 2.24) is 4.98 Å². The highest BCUT2D eigenvalue weighted by Crippen LogP contribution is 2.37. The summed E-state index contributed by atoms with van der Waals surface area (Å²) in [5, 5.41) is 21.1. The highest BCUT2D eigenvalue weighted by atomic mass is 32.1. The first-order valence-corrected chi connectivity index (χ1v) is 6.45. The van der Waals surface area contributed by atoms with Gasteiger partial charge in [-0.25, -0.2) is 0 Å². The van der Waals surface area contributed by atoms with Crippen LogP contribution in [0.5, 0.6) is 5.75 Å². The van der Waals surface area contributed by atoms with Gasteiger partial charge in [-0.1, -0.05) is 30.3 Å². The lowest BCUT2D eigenvalue weighted by atomic mass is 9.96. The summed E-state index contributed by atoms with van der Waals surface area (Å²) in [6, 6.07) is 13.4. The monoisotopic (exact) mass is 278 g/mol. The molecule has 0 amide bonds. The van der Waals surface area contributed by atoms with E-state index >= 15 is 0 Å². The van der Waals surface area contributed by atoms with Gasteiger partial charge in [0.05, 0.1) is 16.5 Å². The second-order valence-electron chi connectivity index (χ2n) is 4.37. The van der Waals surface area contributed by atoms with Crippen molar-refractivity contribution in [2.45, 2.75) is 4.90 Å². The fraction of sp³-hybridized carbons (Fsp3) is 0. The Morgan fingerprint density at radius 3 is 2.50 bits per heavy atom. The maximum Gasteiger partial charge on any atom is 0.139 e.